The van der Waals surface area contributed by atoms with Gasteiger partial charge in [0.1, 0.15) is 0 Å². The molecule has 21 heavy (non-hydrogen) atoms. The minimum atomic E-state index is -0.430. The Bertz CT molecular complexity index is 569. The monoisotopic (exact) mass is 290 g/mol. The van der Waals surface area contributed by atoms with E-state index in [9.17, 15) is 9.59 Å². The molecule has 2 amide bonds. The number of hydrogen-bond acceptors (Lipinski definition) is 5. The highest BCUT2D eigenvalue weighted by molar-refractivity contribution is 5.97. The number of rotatable bonds is 3. The molecular weight excluding hydrogens is 272 g/mol. The van der Waals surface area contributed by atoms with Gasteiger partial charge in [0.05, 0.1) is 0 Å². The maximum atomic E-state index is 12.0. The van der Waals surface area contributed by atoms with Gasteiger partial charge in [-0.15, -0.1) is 0 Å². The summed E-state index contributed by atoms with van der Waals surface area (Å²) >= 11 is 0. The van der Waals surface area contributed by atoms with Gasteiger partial charge in [-0.1, -0.05) is 13.0 Å². The molecule has 0 aromatic heterocycles. The Morgan fingerprint density at radius 1 is 1.24 bits per heavy atom. The Morgan fingerprint density at radius 3 is 2.62 bits per heavy atom. The molecule has 1 aromatic carbocycles. The zero-order chi connectivity index (χ0) is 15.0. The number of imide groups is 1. The molecule has 0 bridgehead atoms. The van der Waals surface area contributed by atoms with Crippen LogP contribution in [-0.2, 0) is 9.59 Å². The Kier molecular flexibility index (Phi) is 3.55. The molecule has 3 rings (SSSR count). The van der Waals surface area contributed by atoms with Gasteiger partial charge in [-0.05, 0) is 23.6 Å². The molecule has 2 N–H and O–H groups in total. The van der Waals surface area contributed by atoms with Crippen LogP contribution in [-0.4, -0.2) is 30.1 Å². The summed E-state index contributed by atoms with van der Waals surface area (Å²) in [6.07, 6.45) is 0.805. The van der Waals surface area contributed by atoms with E-state index in [1.807, 2.05) is 13.0 Å². The molecule has 0 aliphatic carbocycles. The second kappa shape index (κ2) is 5.37. The van der Waals surface area contributed by atoms with Crippen molar-refractivity contribution in [1.82, 2.24) is 4.90 Å². The van der Waals surface area contributed by atoms with Gasteiger partial charge in [0, 0.05) is 25.4 Å². The number of nitrogens with zero attached hydrogens (tertiary/aromatic N) is 1. The van der Waals surface area contributed by atoms with Crippen LogP contribution in [0.1, 0.15) is 31.4 Å². The molecule has 1 aromatic rings. The lowest BCUT2D eigenvalue weighted by Crippen LogP contribution is -2.45. The molecule has 112 valence electrons. The Balaban J connectivity index is 1.72. The molecule has 0 radical (unpaired) electrons. The third-order valence-electron chi connectivity index (χ3n) is 3.85. The standard InChI is InChI=1S/C15H18N2O4/c1-9-4-14(18)17(15(19)5-9)7-11(16)10-2-3-12-13(6-10)21-8-20-12/h2-3,6,9,11H,4-5,7-8,16H2,1H3. The van der Waals surface area contributed by atoms with Crippen molar-refractivity contribution in [2.45, 2.75) is 25.8 Å². The maximum absolute atomic E-state index is 12.0. The van der Waals surface area contributed by atoms with Crippen molar-refractivity contribution < 1.29 is 19.1 Å². The number of hydrogen-bond donors (Lipinski definition) is 1. The minimum absolute atomic E-state index is 0.114. The molecule has 6 nitrogen and oxygen atoms in total. The van der Waals surface area contributed by atoms with Crippen molar-refractivity contribution in [1.29, 1.82) is 0 Å². The summed E-state index contributed by atoms with van der Waals surface area (Å²) in [5, 5.41) is 0. The van der Waals surface area contributed by atoms with Crippen molar-refractivity contribution in [2.75, 3.05) is 13.3 Å². The van der Waals surface area contributed by atoms with Gasteiger partial charge in [0.25, 0.3) is 0 Å². The lowest BCUT2D eigenvalue weighted by molar-refractivity contribution is -0.150. The smallest absolute Gasteiger partial charge is 0.231 e. The number of piperidine rings is 1. The summed E-state index contributed by atoms with van der Waals surface area (Å²) in [6, 6.07) is 4.99. The van der Waals surface area contributed by atoms with Crippen LogP contribution in [0.2, 0.25) is 0 Å². The van der Waals surface area contributed by atoms with Crippen molar-refractivity contribution in [3.8, 4) is 11.5 Å². The van der Waals surface area contributed by atoms with Crippen LogP contribution in [0.25, 0.3) is 0 Å². The first-order valence-corrected chi connectivity index (χ1v) is 7.03. The summed E-state index contributed by atoms with van der Waals surface area (Å²) < 4.78 is 10.6. The average Bonchev–Trinajstić information content (AvgIpc) is 2.89. The highest BCUT2D eigenvalue weighted by Crippen LogP contribution is 2.34. The molecular formula is C15H18N2O4. The van der Waals surface area contributed by atoms with Crippen molar-refractivity contribution in [3.05, 3.63) is 23.8 Å². The summed E-state index contributed by atoms with van der Waals surface area (Å²) in [6.45, 7) is 2.31. The second-order valence-corrected chi connectivity index (χ2v) is 5.63. The quantitative estimate of drug-likeness (QED) is 0.846. The van der Waals surface area contributed by atoms with Crippen LogP contribution in [0, 0.1) is 5.92 Å². The number of carbonyl (C=O) groups is 2. The molecule has 1 saturated heterocycles. The van der Waals surface area contributed by atoms with E-state index in [1.54, 1.807) is 12.1 Å². The zero-order valence-electron chi connectivity index (χ0n) is 11.9. The number of amides is 2. The Morgan fingerprint density at radius 2 is 1.90 bits per heavy atom. The van der Waals surface area contributed by atoms with Gasteiger partial charge in [0.15, 0.2) is 11.5 Å². The van der Waals surface area contributed by atoms with Crippen LogP contribution in [0.3, 0.4) is 0 Å². The van der Waals surface area contributed by atoms with Crippen LogP contribution < -0.4 is 15.2 Å². The number of fused-ring (bicyclic) bond motifs is 1. The molecule has 0 saturated carbocycles. The highest BCUT2D eigenvalue weighted by atomic mass is 16.7. The Labute approximate surface area is 122 Å². The number of benzene rings is 1. The number of carbonyl (C=O) groups excluding carboxylic acids is 2. The molecule has 0 spiro atoms. The van der Waals surface area contributed by atoms with Crippen LogP contribution in [0.5, 0.6) is 11.5 Å². The fourth-order valence-electron chi connectivity index (χ4n) is 2.68. The van der Waals surface area contributed by atoms with E-state index in [0.29, 0.717) is 24.3 Å². The number of nitrogens with two attached hydrogens (primary N) is 1. The first kappa shape index (κ1) is 13.9. The molecule has 2 aliphatic rings. The summed E-state index contributed by atoms with van der Waals surface area (Å²) in [4.78, 5) is 25.2. The van der Waals surface area contributed by atoms with E-state index in [-0.39, 0.29) is 31.1 Å². The minimum Gasteiger partial charge on any atom is -0.454 e. The van der Waals surface area contributed by atoms with E-state index in [1.165, 1.54) is 4.90 Å². The van der Waals surface area contributed by atoms with Crippen molar-refractivity contribution in [2.24, 2.45) is 11.7 Å². The van der Waals surface area contributed by atoms with E-state index in [4.69, 9.17) is 15.2 Å². The van der Waals surface area contributed by atoms with Crippen molar-refractivity contribution >= 4 is 11.8 Å². The molecule has 1 atom stereocenters. The van der Waals surface area contributed by atoms with Crippen molar-refractivity contribution in [3.63, 3.8) is 0 Å². The molecule has 2 aliphatic heterocycles. The zero-order valence-corrected chi connectivity index (χ0v) is 11.9. The number of ether oxygens (including phenoxy) is 2. The van der Waals surface area contributed by atoms with Crippen LogP contribution >= 0.6 is 0 Å². The largest absolute Gasteiger partial charge is 0.454 e. The highest BCUT2D eigenvalue weighted by Gasteiger charge is 2.31. The summed E-state index contributed by atoms with van der Waals surface area (Å²) in [5.41, 5.74) is 6.95. The van der Waals surface area contributed by atoms with E-state index in [0.717, 1.165) is 5.56 Å². The van der Waals surface area contributed by atoms with Gasteiger partial charge in [-0.2, -0.15) is 0 Å². The lowest BCUT2D eigenvalue weighted by Gasteiger charge is -2.30. The van der Waals surface area contributed by atoms with Gasteiger partial charge in [0.2, 0.25) is 18.6 Å². The molecule has 1 unspecified atom stereocenters. The number of likely N-dealkylation sites (tertiary alicyclic amines) is 1. The van der Waals surface area contributed by atoms with E-state index < -0.39 is 6.04 Å². The summed E-state index contributed by atoms with van der Waals surface area (Å²) in [5.74, 6) is 1.16. The summed E-state index contributed by atoms with van der Waals surface area (Å²) in [7, 11) is 0. The van der Waals surface area contributed by atoms with Gasteiger partial charge in [-0.3, -0.25) is 14.5 Å². The molecule has 2 heterocycles. The van der Waals surface area contributed by atoms with E-state index >= 15 is 0 Å². The third kappa shape index (κ3) is 2.71. The van der Waals surface area contributed by atoms with Crippen LogP contribution in [0.15, 0.2) is 18.2 Å². The average molecular weight is 290 g/mol. The molecule has 6 heteroatoms. The maximum Gasteiger partial charge on any atom is 0.231 e. The fourth-order valence-corrected chi connectivity index (χ4v) is 2.68. The SMILES string of the molecule is CC1CC(=O)N(CC(N)c2ccc3c(c2)OCO3)C(=O)C1. The topological polar surface area (TPSA) is 81.9 Å². The predicted octanol–water partition coefficient (Wildman–Crippen LogP) is 1.20. The first-order chi connectivity index (χ1) is 10.0. The van der Waals surface area contributed by atoms with Gasteiger partial charge >= 0.3 is 0 Å². The fraction of sp³-hybridized carbons (Fsp3) is 0.467. The Hall–Kier alpha value is -2.08. The second-order valence-electron chi connectivity index (χ2n) is 5.63. The van der Waals surface area contributed by atoms with Crippen LogP contribution in [0.4, 0.5) is 0 Å². The van der Waals surface area contributed by atoms with Gasteiger partial charge in [-0.25, -0.2) is 0 Å². The normalized spacial score (nSPS) is 20.0. The van der Waals surface area contributed by atoms with Gasteiger partial charge < -0.3 is 15.2 Å². The lowest BCUT2D eigenvalue weighted by atomic mass is 9.96. The first-order valence-electron chi connectivity index (χ1n) is 7.03. The third-order valence-corrected chi connectivity index (χ3v) is 3.85. The molecule has 1 fully saturated rings. The predicted molar refractivity (Wildman–Crippen MR) is 74.6 cm³/mol. The van der Waals surface area contributed by atoms with E-state index in [2.05, 4.69) is 0 Å².